The Kier molecular flexibility index (Phi) is 5.34. The van der Waals surface area contributed by atoms with Crippen molar-refractivity contribution < 1.29 is 9.53 Å². The van der Waals surface area contributed by atoms with Gasteiger partial charge in [0.1, 0.15) is 5.82 Å². The van der Waals surface area contributed by atoms with Gasteiger partial charge in [0, 0.05) is 36.0 Å². The first-order valence-electron chi connectivity index (χ1n) is 9.23. The third-order valence-electron chi connectivity index (χ3n) is 4.68. The molecular formula is C21H21N5O2. The maximum atomic E-state index is 12.5. The number of hydrogen-bond donors (Lipinski definition) is 0. The maximum absolute atomic E-state index is 12.5. The Morgan fingerprint density at radius 3 is 2.82 bits per heavy atom. The molecule has 3 aromatic rings. The Morgan fingerprint density at radius 1 is 1.18 bits per heavy atom. The number of nitrogens with zero attached hydrogens (tertiary/aromatic N) is 5. The second-order valence-electron chi connectivity index (χ2n) is 6.70. The zero-order chi connectivity index (χ0) is 19.3. The quantitative estimate of drug-likeness (QED) is 0.659. The highest BCUT2D eigenvalue weighted by molar-refractivity contribution is 5.80. The Hall–Kier alpha value is -3.19. The van der Waals surface area contributed by atoms with Crippen LogP contribution < -0.4 is 0 Å². The normalized spacial score (nSPS) is 14.0. The van der Waals surface area contributed by atoms with Crippen LogP contribution >= 0.6 is 0 Å². The maximum Gasteiger partial charge on any atom is 0.158 e. The van der Waals surface area contributed by atoms with Crippen LogP contribution in [0, 0.1) is 6.92 Å². The Bertz CT molecular complexity index is 993. The molecule has 1 aliphatic heterocycles. The standard InChI is InChI=1S/C21H21N5O2/c1-15-25-21(16-4-8-28-9-5-16)14-26(15)13-19(27)10-18-3-2-17(11-24-18)20-12-22-6-7-23-20/h2-4,6-7,11-12,14H,5,8-10,13H2,1H3. The van der Waals surface area contributed by atoms with Gasteiger partial charge in [-0.2, -0.15) is 0 Å². The Balaban J connectivity index is 1.41. The number of ether oxygens (including phenoxy) is 1. The number of carbonyl (C=O) groups is 1. The molecule has 0 aliphatic carbocycles. The minimum atomic E-state index is 0.0905. The summed E-state index contributed by atoms with van der Waals surface area (Å²) in [7, 11) is 0. The predicted octanol–water partition coefficient (Wildman–Crippen LogP) is 2.66. The van der Waals surface area contributed by atoms with Gasteiger partial charge in [0.25, 0.3) is 0 Å². The van der Waals surface area contributed by atoms with Crippen molar-refractivity contribution in [1.82, 2.24) is 24.5 Å². The zero-order valence-electron chi connectivity index (χ0n) is 15.7. The first-order valence-corrected chi connectivity index (χ1v) is 9.23. The summed E-state index contributed by atoms with van der Waals surface area (Å²) in [6.45, 7) is 3.55. The van der Waals surface area contributed by atoms with E-state index in [2.05, 4.69) is 26.0 Å². The lowest BCUT2D eigenvalue weighted by Gasteiger charge is -2.10. The third kappa shape index (κ3) is 4.20. The lowest BCUT2D eigenvalue weighted by Crippen LogP contribution is -2.13. The van der Waals surface area contributed by atoms with Gasteiger partial charge in [-0.1, -0.05) is 6.08 Å². The molecule has 7 heteroatoms. The second kappa shape index (κ2) is 8.22. The molecule has 4 heterocycles. The summed E-state index contributed by atoms with van der Waals surface area (Å²) in [6.07, 6.45) is 11.8. The van der Waals surface area contributed by atoms with Crippen molar-refractivity contribution in [2.24, 2.45) is 0 Å². The number of aryl methyl sites for hydroxylation is 1. The van der Waals surface area contributed by atoms with E-state index in [1.807, 2.05) is 29.8 Å². The highest BCUT2D eigenvalue weighted by atomic mass is 16.5. The van der Waals surface area contributed by atoms with Gasteiger partial charge in [-0.05, 0) is 31.1 Å². The van der Waals surface area contributed by atoms with Gasteiger partial charge in [0.15, 0.2) is 5.78 Å². The van der Waals surface area contributed by atoms with E-state index in [1.54, 1.807) is 24.8 Å². The van der Waals surface area contributed by atoms with Crippen LogP contribution in [0.1, 0.15) is 23.6 Å². The molecule has 142 valence electrons. The number of aromatic nitrogens is 5. The molecule has 7 nitrogen and oxygen atoms in total. The van der Waals surface area contributed by atoms with E-state index in [4.69, 9.17) is 4.74 Å². The molecular weight excluding hydrogens is 354 g/mol. The summed E-state index contributed by atoms with van der Waals surface area (Å²) >= 11 is 0. The van der Waals surface area contributed by atoms with Crippen LogP contribution in [0.15, 0.2) is 49.2 Å². The van der Waals surface area contributed by atoms with Crippen molar-refractivity contribution in [2.75, 3.05) is 13.2 Å². The van der Waals surface area contributed by atoms with Crippen molar-refractivity contribution >= 4 is 11.4 Å². The molecule has 0 spiro atoms. The highest BCUT2D eigenvalue weighted by Gasteiger charge is 2.14. The van der Waals surface area contributed by atoms with Crippen LogP contribution in [0.5, 0.6) is 0 Å². The lowest BCUT2D eigenvalue weighted by atomic mass is 10.1. The van der Waals surface area contributed by atoms with Gasteiger partial charge in [-0.15, -0.1) is 0 Å². The fourth-order valence-corrected chi connectivity index (χ4v) is 3.16. The van der Waals surface area contributed by atoms with Crippen molar-refractivity contribution in [3.63, 3.8) is 0 Å². The molecule has 0 saturated heterocycles. The SMILES string of the molecule is Cc1nc(C2=CCOCC2)cn1CC(=O)Cc1ccc(-c2cnccn2)cn1. The van der Waals surface area contributed by atoms with Crippen LogP contribution in [-0.4, -0.2) is 43.5 Å². The number of imidazole rings is 1. The molecule has 0 radical (unpaired) electrons. The number of hydrogen-bond acceptors (Lipinski definition) is 6. The summed E-state index contributed by atoms with van der Waals surface area (Å²) in [5.74, 6) is 0.925. The first-order chi connectivity index (χ1) is 13.7. The topological polar surface area (TPSA) is 82.8 Å². The summed E-state index contributed by atoms with van der Waals surface area (Å²) < 4.78 is 7.25. The fourth-order valence-electron chi connectivity index (χ4n) is 3.16. The van der Waals surface area contributed by atoms with E-state index in [0.29, 0.717) is 13.2 Å². The highest BCUT2D eigenvalue weighted by Crippen LogP contribution is 2.20. The number of carbonyl (C=O) groups excluding carboxylic acids is 1. The predicted molar refractivity (Wildman–Crippen MR) is 104 cm³/mol. The van der Waals surface area contributed by atoms with Crippen LogP contribution in [0.25, 0.3) is 16.8 Å². The fraction of sp³-hybridized carbons (Fsp3) is 0.286. The van der Waals surface area contributed by atoms with Crippen LogP contribution in [-0.2, 0) is 22.5 Å². The smallest absolute Gasteiger partial charge is 0.158 e. The molecule has 0 N–H and O–H groups in total. The summed E-state index contributed by atoms with van der Waals surface area (Å²) in [5.41, 5.74) is 4.49. The van der Waals surface area contributed by atoms with E-state index in [9.17, 15) is 4.79 Å². The summed E-state index contributed by atoms with van der Waals surface area (Å²) in [6, 6.07) is 3.78. The van der Waals surface area contributed by atoms with E-state index in [1.165, 1.54) is 5.57 Å². The molecule has 0 bridgehead atoms. The summed E-state index contributed by atoms with van der Waals surface area (Å²) in [5, 5.41) is 0. The molecule has 0 saturated carbocycles. The van der Waals surface area contributed by atoms with E-state index in [-0.39, 0.29) is 18.7 Å². The molecule has 1 aliphatic rings. The van der Waals surface area contributed by atoms with Gasteiger partial charge in [0.2, 0.25) is 0 Å². The number of rotatable bonds is 6. The van der Waals surface area contributed by atoms with E-state index < -0.39 is 0 Å². The molecule has 4 rings (SSSR count). The second-order valence-corrected chi connectivity index (χ2v) is 6.70. The Labute approximate surface area is 163 Å². The molecule has 0 aromatic carbocycles. The average Bonchev–Trinajstić information content (AvgIpc) is 3.10. The van der Waals surface area contributed by atoms with Gasteiger partial charge in [0.05, 0.1) is 43.8 Å². The molecule has 0 amide bonds. The van der Waals surface area contributed by atoms with Crippen molar-refractivity contribution in [2.45, 2.75) is 26.3 Å². The van der Waals surface area contributed by atoms with Crippen LogP contribution in [0.2, 0.25) is 0 Å². The number of ketones is 1. The molecule has 3 aromatic heterocycles. The van der Waals surface area contributed by atoms with Gasteiger partial charge >= 0.3 is 0 Å². The monoisotopic (exact) mass is 375 g/mol. The largest absolute Gasteiger partial charge is 0.377 e. The van der Waals surface area contributed by atoms with Crippen molar-refractivity contribution in [3.05, 3.63) is 66.4 Å². The van der Waals surface area contributed by atoms with Gasteiger partial charge < -0.3 is 9.30 Å². The van der Waals surface area contributed by atoms with E-state index in [0.717, 1.165) is 34.9 Å². The number of pyridine rings is 1. The number of Topliss-reactive ketones (excluding diaryl/α,β-unsaturated/α-hetero) is 1. The van der Waals surface area contributed by atoms with Gasteiger partial charge in [-0.25, -0.2) is 4.98 Å². The van der Waals surface area contributed by atoms with Crippen molar-refractivity contribution in [3.8, 4) is 11.3 Å². The molecule has 0 atom stereocenters. The molecule has 0 unspecified atom stereocenters. The first kappa shape index (κ1) is 18.2. The zero-order valence-corrected chi connectivity index (χ0v) is 15.7. The van der Waals surface area contributed by atoms with E-state index >= 15 is 0 Å². The van der Waals surface area contributed by atoms with Crippen molar-refractivity contribution in [1.29, 1.82) is 0 Å². The Morgan fingerprint density at radius 2 is 2.11 bits per heavy atom. The van der Waals surface area contributed by atoms with Gasteiger partial charge in [-0.3, -0.25) is 19.7 Å². The summed E-state index contributed by atoms with van der Waals surface area (Å²) in [4.78, 5) is 29.8. The minimum Gasteiger partial charge on any atom is -0.377 e. The molecule has 0 fully saturated rings. The lowest BCUT2D eigenvalue weighted by molar-refractivity contribution is -0.119. The minimum absolute atomic E-state index is 0.0905. The third-order valence-corrected chi connectivity index (χ3v) is 4.68. The average molecular weight is 375 g/mol. The molecule has 28 heavy (non-hydrogen) atoms. The van der Waals surface area contributed by atoms with Crippen LogP contribution in [0.3, 0.4) is 0 Å². The van der Waals surface area contributed by atoms with Crippen LogP contribution in [0.4, 0.5) is 0 Å².